The largest absolute Gasteiger partial charge is 0.497 e. The molecule has 0 N–H and O–H groups in total. The van der Waals surface area contributed by atoms with E-state index in [1.807, 2.05) is 24.3 Å². The first-order valence-electron chi connectivity index (χ1n) is 6.61. The fourth-order valence-electron chi connectivity index (χ4n) is 2.27. The van der Waals surface area contributed by atoms with Crippen molar-refractivity contribution in [3.63, 3.8) is 0 Å². The molecule has 0 aliphatic rings. The Balaban J connectivity index is 2.17. The van der Waals surface area contributed by atoms with Crippen LogP contribution in [0.1, 0.15) is 21.9 Å². The van der Waals surface area contributed by atoms with Gasteiger partial charge in [-0.15, -0.1) is 0 Å². The van der Waals surface area contributed by atoms with Crippen molar-refractivity contribution in [3.05, 3.63) is 65.6 Å². The van der Waals surface area contributed by atoms with Crippen molar-refractivity contribution in [3.8, 4) is 5.75 Å². The van der Waals surface area contributed by atoms with Crippen molar-refractivity contribution in [1.82, 2.24) is 9.97 Å². The van der Waals surface area contributed by atoms with E-state index in [1.165, 1.54) is 0 Å². The molecule has 0 unspecified atom stereocenters. The molecule has 3 aromatic rings. The van der Waals surface area contributed by atoms with Crippen LogP contribution in [0.25, 0.3) is 10.9 Å². The first-order valence-corrected chi connectivity index (χ1v) is 6.61. The monoisotopic (exact) mass is 278 g/mol. The van der Waals surface area contributed by atoms with Crippen LogP contribution in [0.15, 0.2) is 48.5 Å². The van der Waals surface area contributed by atoms with E-state index in [4.69, 9.17) is 4.74 Å². The minimum Gasteiger partial charge on any atom is -0.497 e. The van der Waals surface area contributed by atoms with Crippen LogP contribution in [-0.2, 0) is 0 Å². The number of methoxy groups -OCH3 is 1. The molecule has 0 radical (unpaired) electrons. The molecule has 0 saturated carbocycles. The number of aryl methyl sites for hydroxylation is 1. The molecule has 0 amide bonds. The Morgan fingerprint density at radius 2 is 1.86 bits per heavy atom. The molecule has 0 aliphatic carbocycles. The van der Waals surface area contributed by atoms with Gasteiger partial charge >= 0.3 is 0 Å². The average molecular weight is 278 g/mol. The summed E-state index contributed by atoms with van der Waals surface area (Å²) in [6.07, 6.45) is 0. The lowest BCUT2D eigenvalue weighted by atomic mass is 10.0. The smallest absolute Gasteiger partial charge is 0.212 e. The Labute approximate surface area is 122 Å². The highest BCUT2D eigenvalue weighted by molar-refractivity contribution is 6.14. The lowest BCUT2D eigenvalue weighted by Crippen LogP contribution is -2.07. The summed E-state index contributed by atoms with van der Waals surface area (Å²) in [6, 6.07) is 14.6. The van der Waals surface area contributed by atoms with Gasteiger partial charge in [0, 0.05) is 10.9 Å². The number of carbonyl (C=O) groups excluding carboxylic acids is 1. The fraction of sp³-hybridized carbons (Fsp3) is 0.118. The molecule has 0 bridgehead atoms. The van der Waals surface area contributed by atoms with E-state index in [2.05, 4.69) is 9.97 Å². The van der Waals surface area contributed by atoms with Crippen molar-refractivity contribution < 1.29 is 9.53 Å². The van der Waals surface area contributed by atoms with E-state index in [-0.39, 0.29) is 5.78 Å². The Morgan fingerprint density at radius 3 is 2.67 bits per heavy atom. The van der Waals surface area contributed by atoms with Crippen LogP contribution >= 0.6 is 0 Å². The summed E-state index contributed by atoms with van der Waals surface area (Å²) in [4.78, 5) is 21.4. The van der Waals surface area contributed by atoms with Gasteiger partial charge in [0.25, 0.3) is 0 Å². The molecule has 2 aromatic carbocycles. The molecule has 0 aliphatic heterocycles. The third-order valence-corrected chi connectivity index (χ3v) is 3.26. The highest BCUT2D eigenvalue weighted by atomic mass is 16.5. The van der Waals surface area contributed by atoms with Crippen molar-refractivity contribution in [2.24, 2.45) is 0 Å². The summed E-state index contributed by atoms with van der Waals surface area (Å²) in [5.41, 5.74) is 1.75. The molecule has 0 saturated heterocycles. The zero-order valence-electron chi connectivity index (χ0n) is 11.8. The number of hydrogen-bond donors (Lipinski definition) is 0. The number of rotatable bonds is 3. The van der Waals surface area contributed by atoms with E-state index in [9.17, 15) is 4.79 Å². The van der Waals surface area contributed by atoms with E-state index in [1.54, 1.807) is 38.3 Å². The van der Waals surface area contributed by atoms with Gasteiger partial charge in [-0.05, 0) is 25.1 Å². The SMILES string of the molecule is COc1cccc(C(=O)c2nc(C)nc3ccccc23)c1. The number of aromatic nitrogens is 2. The van der Waals surface area contributed by atoms with Gasteiger partial charge in [-0.25, -0.2) is 9.97 Å². The van der Waals surface area contributed by atoms with Gasteiger partial charge in [0.15, 0.2) is 0 Å². The summed E-state index contributed by atoms with van der Waals surface area (Å²) >= 11 is 0. The van der Waals surface area contributed by atoms with Gasteiger partial charge in [0.1, 0.15) is 17.3 Å². The van der Waals surface area contributed by atoms with Crippen molar-refractivity contribution >= 4 is 16.7 Å². The molecule has 104 valence electrons. The average Bonchev–Trinajstić information content (AvgIpc) is 2.53. The van der Waals surface area contributed by atoms with Crippen molar-refractivity contribution in [1.29, 1.82) is 0 Å². The molecule has 21 heavy (non-hydrogen) atoms. The van der Waals surface area contributed by atoms with Gasteiger partial charge in [-0.2, -0.15) is 0 Å². The highest BCUT2D eigenvalue weighted by Gasteiger charge is 2.16. The summed E-state index contributed by atoms with van der Waals surface area (Å²) < 4.78 is 5.17. The molecule has 0 spiro atoms. The quantitative estimate of drug-likeness (QED) is 0.690. The molecule has 4 nitrogen and oxygen atoms in total. The van der Waals surface area contributed by atoms with Gasteiger partial charge in [0.2, 0.25) is 5.78 Å². The third-order valence-electron chi connectivity index (χ3n) is 3.26. The third kappa shape index (κ3) is 2.48. The summed E-state index contributed by atoms with van der Waals surface area (Å²) in [7, 11) is 1.58. The van der Waals surface area contributed by atoms with Crippen LogP contribution in [0.2, 0.25) is 0 Å². The zero-order valence-corrected chi connectivity index (χ0v) is 11.8. The maximum absolute atomic E-state index is 12.7. The summed E-state index contributed by atoms with van der Waals surface area (Å²) in [6.45, 7) is 1.79. The normalized spacial score (nSPS) is 10.6. The Hall–Kier alpha value is -2.75. The number of ether oxygens (including phenoxy) is 1. The molecule has 0 atom stereocenters. The molecule has 3 rings (SSSR count). The van der Waals surface area contributed by atoms with Crippen LogP contribution in [0.3, 0.4) is 0 Å². The standard InChI is InChI=1S/C17H14N2O2/c1-11-18-15-9-4-3-8-14(15)16(19-11)17(20)12-6-5-7-13(10-12)21-2/h3-10H,1-2H3. The number of para-hydroxylation sites is 1. The number of carbonyl (C=O) groups is 1. The van der Waals surface area contributed by atoms with Crippen LogP contribution in [0.5, 0.6) is 5.75 Å². The maximum Gasteiger partial charge on any atom is 0.212 e. The molecule has 0 fully saturated rings. The predicted molar refractivity (Wildman–Crippen MR) is 80.7 cm³/mol. The van der Waals surface area contributed by atoms with E-state index in [0.29, 0.717) is 22.8 Å². The minimum atomic E-state index is -0.129. The number of hydrogen-bond acceptors (Lipinski definition) is 4. The Morgan fingerprint density at radius 1 is 1.05 bits per heavy atom. The maximum atomic E-state index is 12.7. The van der Waals surface area contributed by atoms with E-state index < -0.39 is 0 Å². The Kier molecular flexibility index (Phi) is 3.36. The number of benzene rings is 2. The molecular weight excluding hydrogens is 264 g/mol. The second-order valence-corrected chi connectivity index (χ2v) is 4.70. The number of fused-ring (bicyclic) bond motifs is 1. The van der Waals surface area contributed by atoms with Crippen molar-refractivity contribution in [2.45, 2.75) is 6.92 Å². The van der Waals surface area contributed by atoms with Gasteiger partial charge in [-0.1, -0.05) is 30.3 Å². The van der Waals surface area contributed by atoms with Crippen LogP contribution < -0.4 is 4.74 Å². The predicted octanol–water partition coefficient (Wildman–Crippen LogP) is 3.18. The van der Waals surface area contributed by atoms with Gasteiger partial charge in [0.05, 0.1) is 12.6 Å². The highest BCUT2D eigenvalue weighted by Crippen LogP contribution is 2.21. The van der Waals surface area contributed by atoms with Gasteiger partial charge < -0.3 is 4.74 Å². The minimum absolute atomic E-state index is 0.129. The zero-order chi connectivity index (χ0) is 14.8. The van der Waals surface area contributed by atoms with Crippen LogP contribution in [0, 0.1) is 6.92 Å². The first kappa shape index (κ1) is 13.2. The molecular formula is C17H14N2O2. The van der Waals surface area contributed by atoms with Gasteiger partial charge in [-0.3, -0.25) is 4.79 Å². The van der Waals surface area contributed by atoms with Crippen LogP contribution in [0.4, 0.5) is 0 Å². The lowest BCUT2D eigenvalue weighted by molar-refractivity contribution is 0.103. The van der Waals surface area contributed by atoms with Crippen LogP contribution in [-0.4, -0.2) is 22.9 Å². The summed E-state index contributed by atoms with van der Waals surface area (Å²) in [5, 5.41) is 0.760. The molecule has 1 heterocycles. The summed E-state index contributed by atoms with van der Waals surface area (Å²) in [5.74, 6) is 1.10. The lowest BCUT2D eigenvalue weighted by Gasteiger charge is -2.07. The molecule has 1 aromatic heterocycles. The number of ketones is 1. The second kappa shape index (κ2) is 5.32. The molecule has 4 heteroatoms. The van der Waals surface area contributed by atoms with E-state index >= 15 is 0 Å². The van der Waals surface area contributed by atoms with Crippen molar-refractivity contribution in [2.75, 3.05) is 7.11 Å². The second-order valence-electron chi connectivity index (χ2n) is 4.70. The fourth-order valence-corrected chi connectivity index (χ4v) is 2.27. The Bertz CT molecular complexity index is 828. The topological polar surface area (TPSA) is 52.1 Å². The van der Waals surface area contributed by atoms with E-state index in [0.717, 1.165) is 10.9 Å². The number of nitrogens with zero attached hydrogens (tertiary/aromatic N) is 2. The first-order chi connectivity index (χ1) is 10.2.